The molecule has 1 aromatic heterocycles. The standard InChI is InChI=1S/C27H29F4N3O3S2/c1-34-13-11-21(20(28)16-34)33-23-7-4-6-18-19(15-27(29,30)31)25(38-26(18)23)8-5-12-32-22-10-9-17(39(3,35)36)14-24(22)37-2/h4,6-7,9-10,14,20-21,32-33H,11-13,15-16H2,1-3H3/t20-,21+/m0/s1. The third-order valence-corrected chi connectivity index (χ3v) is 8.76. The van der Waals surface area contributed by atoms with E-state index in [4.69, 9.17) is 4.74 Å². The summed E-state index contributed by atoms with van der Waals surface area (Å²) in [5.41, 5.74) is 1.19. The van der Waals surface area contributed by atoms with Gasteiger partial charge in [-0.3, -0.25) is 0 Å². The SMILES string of the molecule is COc1cc(S(C)(=O)=O)ccc1NCC#Cc1sc2c(N[C@@H]3CCN(C)C[C@@H]3F)cccc2c1CC(F)(F)F. The van der Waals surface area contributed by atoms with Crippen LogP contribution in [0.15, 0.2) is 41.3 Å². The molecule has 12 heteroatoms. The lowest BCUT2D eigenvalue weighted by atomic mass is 10.0. The van der Waals surface area contributed by atoms with E-state index in [0.29, 0.717) is 40.2 Å². The lowest BCUT2D eigenvalue weighted by Gasteiger charge is -2.33. The highest BCUT2D eigenvalue weighted by molar-refractivity contribution is 7.90. The van der Waals surface area contributed by atoms with Crippen LogP contribution in [0, 0.1) is 11.8 Å². The molecule has 1 saturated heterocycles. The van der Waals surface area contributed by atoms with Gasteiger partial charge < -0.3 is 20.3 Å². The van der Waals surface area contributed by atoms with Crippen LogP contribution in [0.3, 0.4) is 0 Å². The van der Waals surface area contributed by atoms with Gasteiger partial charge >= 0.3 is 6.18 Å². The molecule has 4 rings (SSSR count). The molecule has 2 N–H and O–H groups in total. The van der Waals surface area contributed by atoms with Crippen LogP contribution in [-0.2, 0) is 16.3 Å². The number of thiophene rings is 1. The molecular formula is C27H29F4N3O3S2. The minimum Gasteiger partial charge on any atom is -0.495 e. The molecule has 0 unspecified atom stereocenters. The van der Waals surface area contributed by atoms with E-state index in [2.05, 4.69) is 22.5 Å². The summed E-state index contributed by atoms with van der Waals surface area (Å²) in [6, 6.07) is 9.00. The van der Waals surface area contributed by atoms with Gasteiger partial charge in [0.25, 0.3) is 0 Å². The Morgan fingerprint density at radius 2 is 1.97 bits per heavy atom. The van der Waals surface area contributed by atoms with E-state index in [1.54, 1.807) is 24.3 Å². The van der Waals surface area contributed by atoms with Crippen molar-refractivity contribution in [1.29, 1.82) is 0 Å². The zero-order valence-electron chi connectivity index (χ0n) is 21.7. The van der Waals surface area contributed by atoms with Gasteiger partial charge in [0.1, 0.15) is 11.9 Å². The molecule has 0 amide bonds. The molecule has 39 heavy (non-hydrogen) atoms. The third kappa shape index (κ3) is 7.15. The maximum Gasteiger partial charge on any atom is 0.393 e. The number of alkyl halides is 4. The lowest BCUT2D eigenvalue weighted by molar-refractivity contribution is -0.126. The predicted octanol–water partition coefficient (Wildman–Crippen LogP) is 5.34. The number of nitrogens with one attached hydrogen (secondary N) is 2. The first kappa shape index (κ1) is 29.0. The first-order chi connectivity index (χ1) is 18.4. The first-order valence-corrected chi connectivity index (χ1v) is 14.9. The van der Waals surface area contributed by atoms with E-state index >= 15 is 0 Å². The van der Waals surface area contributed by atoms with Crippen molar-refractivity contribution in [3.63, 3.8) is 0 Å². The molecule has 2 heterocycles. The Kier molecular flexibility index (Phi) is 8.63. The van der Waals surface area contributed by atoms with Gasteiger partial charge in [0.2, 0.25) is 0 Å². The fraction of sp³-hybridized carbons (Fsp3) is 0.407. The number of fused-ring (bicyclic) bond motifs is 1. The number of likely N-dealkylation sites (tertiary alicyclic amines) is 1. The smallest absolute Gasteiger partial charge is 0.393 e. The van der Waals surface area contributed by atoms with Crippen molar-refractivity contribution in [3.8, 4) is 17.6 Å². The second-order valence-electron chi connectivity index (χ2n) is 9.49. The van der Waals surface area contributed by atoms with Crippen LogP contribution >= 0.6 is 11.3 Å². The van der Waals surface area contributed by atoms with E-state index in [0.717, 1.165) is 24.1 Å². The van der Waals surface area contributed by atoms with Crippen molar-refractivity contribution in [2.24, 2.45) is 0 Å². The van der Waals surface area contributed by atoms with Crippen molar-refractivity contribution in [3.05, 3.63) is 46.8 Å². The highest BCUT2D eigenvalue weighted by Gasteiger charge is 2.32. The van der Waals surface area contributed by atoms with Crippen molar-refractivity contribution in [1.82, 2.24) is 4.90 Å². The second kappa shape index (κ2) is 11.6. The highest BCUT2D eigenvalue weighted by atomic mass is 32.2. The Bertz CT molecular complexity index is 1510. The van der Waals surface area contributed by atoms with Gasteiger partial charge in [-0.05, 0) is 42.6 Å². The Hall–Kier alpha value is -3.01. The van der Waals surface area contributed by atoms with E-state index in [9.17, 15) is 26.0 Å². The summed E-state index contributed by atoms with van der Waals surface area (Å²) in [4.78, 5) is 2.30. The number of sulfone groups is 1. The number of ether oxygens (including phenoxy) is 1. The van der Waals surface area contributed by atoms with E-state index < -0.39 is 34.6 Å². The van der Waals surface area contributed by atoms with Crippen molar-refractivity contribution >= 4 is 42.6 Å². The van der Waals surface area contributed by atoms with Crippen molar-refractivity contribution < 1.29 is 30.7 Å². The van der Waals surface area contributed by atoms with Gasteiger partial charge in [0.15, 0.2) is 9.84 Å². The normalized spacial score (nSPS) is 18.4. The summed E-state index contributed by atoms with van der Waals surface area (Å²) in [7, 11) is -0.161. The maximum absolute atomic E-state index is 14.7. The van der Waals surface area contributed by atoms with Crippen LogP contribution in [-0.4, -0.2) is 71.8 Å². The summed E-state index contributed by atoms with van der Waals surface area (Å²) in [5, 5.41) is 6.69. The molecular weight excluding hydrogens is 554 g/mol. The zero-order chi connectivity index (χ0) is 28.4. The Morgan fingerprint density at radius 3 is 2.64 bits per heavy atom. The van der Waals surface area contributed by atoms with E-state index in [1.807, 2.05) is 11.9 Å². The van der Waals surface area contributed by atoms with Crippen LogP contribution in [0.1, 0.15) is 16.9 Å². The number of halogens is 4. The van der Waals surface area contributed by atoms with Crippen LogP contribution in [0.25, 0.3) is 10.1 Å². The second-order valence-corrected chi connectivity index (χ2v) is 12.5. The van der Waals surface area contributed by atoms with Gasteiger partial charge in [0, 0.05) is 25.4 Å². The van der Waals surface area contributed by atoms with Crippen molar-refractivity contribution in [2.75, 3.05) is 50.7 Å². The average Bonchev–Trinajstić information content (AvgIpc) is 3.19. The summed E-state index contributed by atoms with van der Waals surface area (Å²) in [5.74, 6) is 6.04. The minimum absolute atomic E-state index is 0.0819. The third-order valence-electron chi connectivity index (χ3n) is 6.45. The zero-order valence-corrected chi connectivity index (χ0v) is 23.3. The summed E-state index contributed by atoms with van der Waals surface area (Å²) in [6.45, 7) is 1.10. The first-order valence-electron chi connectivity index (χ1n) is 12.2. The Balaban J connectivity index is 1.61. The molecule has 0 spiro atoms. The Labute approximate surface area is 229 Å². The number of hydrogen-bond acceptors (Lipinski definition) is 7. The molecule has 2 aromatic carbocycles. The van der Waals surface area contributed by atoms with Crippen LogP contribution < -0.4 is 15.4 Å². The molecule has 1 aliphatic rings. The average molecular weight is 584 g/mol. The van der Waals surface area contributed by atoms with Gasteiger partial charge in [0.05, 0.1) is 52.0 Å². The monoisotopic (exact) mass is 583 g/mol. The molecule has 0 aliphatic carbocycles. The summed E-state index contributed by atoms with van der Waals surface area (Å²) in [6.07, 6.45) is -4.98. The summed E-state index contributed by atoms with van der Waals surface area (Å²) < 4.78 is 84.7. The molecule has 0 bridgehead atoms. The molecule has 210 valence electrons. The van der Waals surface area contributed by atoms with Gasteiger partial charge in [-0.2, -0.15) is 13.2 Å². The number of nitrogens with zero attached hydrogens (tertiary/aromatic N) is 1. The highest BCUT2D eigenvalue weighted by Crippen LogP contribution is 2.39. The largest absolute Gasteiger partial charge is 0.495 e. The number of anilines is 2. The van der Waals surface area contributed by atoms with Crippen LogP contribution in [0.4, 0.5) is 28.9 Å². The fourth-order valence-corrected chi connectivity index (χ4v) is 6.30. The molecule has 2 atom stereocenters. The topological polar surface area (TPSA) is 70.7 Å². The van der Waals surface area contributed by atoms with Gasteiger partial charge in [-0.25, -0.2) is 12.8 Å². The molecule has 1 fully saturated rings. The van der Waals surface area contributed by atoms with Gasteiger partial charge in [-0.15, -0.1) is 11.3 Å². The van der Waals surface area contributed by atoms with Gasteiger partial charge in [-0.1, -0.05) is 24.0 Å². The van der Waals surface area contributed by atoms with E-state index in [-0.39, 0.29) is 21.9 Å². The molecule has 0 saturated carbocycles. The van der Waals surface area contributed by atoms with Crippen LogP contribution in [0.5, 0.6) is 5.75 Å². The number of rotatable bonds is 7. The molecule has 6 nitrogen and oxygen atoms in total. The molecule has 3 aromatic rings. The minimum atomic E-state index is -4.43. The fourth-order valence-electron chi connectivity index (χ4n) is 4.49. The maximum atomic E-state index is 14.7. The van der Waals surface area contributed by atoms with E-state index in [1.165, 1.54) is 19.2 Å². The van der Waals surface area contributed by atoms with Crippen LogP contribution in [0.2, 0.25) is 0 Å². The lowest BCUT2D eigenvalue weighted by Crippen LogP contribution is -2.46. The van der Waals surface area contributed by atoms with Crippen molar-refractivity contribution in [2.45, 2.75) is 36.1 Å². The summed E-state index contributed by atoms with van der Waals surface area (Å²) >= 11 is 1.15. The quantitative estimate of drug-likeness (QED) is 0.289. The number of benzene rings is 2. The molecule has 0 radical (unpaired) electrons. The number of hydrogen-bond donors (Lipinski definition) is 2. The number of piperidine rings is 1. The molecule has 1 aliphatic heterocycles. The number of methoxy groups -OCH3 is 1. The Morgan fingerprint density at radius 1 is 1.21 bits per heavy atom. The predicted molar refractivity (Wildman–Crippen MR) is 147 cm³/mol.